The Morgan fingerprint density at radius 1 is 1.16 bits per heavy atom. The van der Waals surface area contributed by atoms with Gasteiger partial charge in [0.25, 0.3) is 0 Å². The fourth-order valence-corrected chi connectivity index (χ4v) is 4.40. The van der Waals surface area contributed by atoms with Gasteiger partial charge in [0.1, 0.15) is 0 Å². The van der Waals surface area contributed by atoms with Gasteiger partial charge in [-0.15, -0.1) is 0 Å². The summed E-state index contributed by atoms with van der Waals surface area (Å²) in [5, 5.41) is 8.52. The highest BCUT2D eigenvalue weighted by Gasteiger charge is 2.14. The molecule has 0 unspecified atom stereocenters. The predicted octanol–water partition coefficient (Wildman–Crippen LogP) is 5.61. The minimum absolute atomic E-state index is 0.0950. The maximum Gasteiger partial charge on any atom is 0.220 e. The minimum atomic E-state index is 0.0950. The average molecular weight is 437 g/mol. The molecule has 2 aromatic heterocycles. The molecule has 0 fully saturated rings. The third kappa shape index (κ3) is 5.16. The number of carbonyl (C=O) groups excluding carboxylic acids is 1. The van der Waals surface area contributed by atoms with Crippen LogP contribution in [0.15, 0.2) is 42.0 Å². The summed E-state index contributed by atoms with van der Waals surface area (Å²) in [6.45, 7) is 4.78. The Hall–Kier alpha value is -2.66. The summed E-state index contributed by atoms with van der Waals surface area (Å²) in [7, 11) is 0. The topological polar surface area (TPSA) is 59.3 Å². The summed E-state index contributed by atoms with van der Waals surface area (Å²) in [5.41, 5.74) is 7.23. The van der Waals surface area contributed by atoms with Crippen molar-refractivity contribution in [2.45, 2.75) is 58.8 Å². The molecule has 5 nitrogen and oxygen atoms in total. The Morgan fingerprint density at radius 3 is 2.71 bits per heavy atom. The molecule has 162 valence electrons. The van der Waals surface area contributed by atoms with Crippen LogP contribution in [0.4, 0.5) is 0 Å². The number of benzene rings is 1. The molecule has 1 amide bonds. The highest BCUT2D eigenvalue weighted by Crippen LogP contribution is 2.24. The summed E-state index contributed by atoms with van der Waals surface area (Å²) in [4.78, 5) is 17.1. The van der Waals surface area contributed by atoms with E-state index < -0.39 is 0 Å². The van der Waals surface area contributed by atoms with Gasteiger partial charge >= 0.3 is 0 Å². The predicted molar refractivity (Wildman–Crippen MR) is 125 cm³/mol. The van der Waals surface area contributed by atoms with E-state index in [1.807, 2.05) is 48.7 Å². The van der Waals surface area contributed by atoms with Crippen LogP contribution in [-0.2, 0) is 11.2 Å². The van der Waals surface area contributed by atoms with E-state index in [2.05, 4.69) is 11.4 Å². The van der Waals surface area contributed by atoms with E-state index in [4.69, 9.17) is 21.7 Å². The van der Waals surface area contributed by atoms with E-state index in [1.54, 1.807) is 0 Å². The number of halogens is 1. The quantitative estimate of drug-likeness (QED) is 0.490. The van der Waals surface area contributed by atoms with Gasteiger partial charge in [-0.2, -0.15) is 5.10 Å². The number of carbonyl (C=O) groups is 1. The third-order valence-electron chi connectivity index (χ3n) is 6.06. The lowest BCUT2D eigenvalue weighted by Crippen LogP contribution is -2.25. The van der Waals surface area contributed by atoms with E-state index in [0.29, 0.717) is 17.9 Å². The molecule has 0 saturated carbocycles. The Bertz CT molecular complexity index is 1110. The van der Waals surface area contributed by atoms with Crippen LogP contribution in [0.5, 0.6) is 0 Å². The van der Waals surface area contributed by atoms with Gasteiger partial charge in [-0.05, 0) is 70.1 Å². The lowest BCUT2D eigenvalue weighted by molar-refractivity contribution is -0.121. The summed E-state index contributed by atoms with van der Waals surface area (Å²) in [6, 6.07) is 9.63. The molecule has 6 heteroatoms. The number of aromatic nitrogens is 3. The molecular formula is C25H29ClN4O. The van der Waals surface area contributed by atoms with Gasteiger partial charge in [-0.3, -0.25) is 4.79 Å². The minimum Gasteiger partial charge on any atom is -0.356 e. The van der Waals surface area contributed by atoms with Crippen LogP contribution < -0.4 is 5.32 Å². The molecule has 0 radical (unpaired) electrons. The van der Waals surface area contributed by atoms with Crippen LogP contribution in [0.2, 0.25) is 5.02 Å². The van der Waals surface area contributed by atoms with Crippen molar-refractivity contribution in [1.82, 2.24) is 19.9 Å². The second-order valence-electron chi connectivity index (χ2n) is 8.28. The Labute approximate surface area is 188 Å². The van der Waals surface area contributed by atoms with Crippen molar-refractivity contribution in [2.75, 3.05) is 6.54 Å². The van der Waals surface area contributed by atoms with Gasteiger partial charge in [0.2, 0.25) is 5.91 Å². The first-order valence-corrected chi connectivity index (χ1v) is 11.5. The molecule has 0 spiro atoms. The van der Waals surface area contributed by atoms with E-state index in [-0.39, 0.29) is 5.91 Å². The van der Waals surface area contributed by atoms with E-state index in [1.165, 1.54) is 31.3 Å². The first kappa shape index (κ1) is 21.6. The van der Waals surface area contributed by atoms with Gasteiger partial charge in [0.05, 0.1) is 5.69 Å². The van der Waals surface area contributed by atoms with Crippen molar-refractivity contribution in [3.8, 4) is 11.3 Å². The fourth-order valence-electron chi connectivity index (χ4n) is 4.27. The second kappa shape index (κ2) is 9.65. The Morgan fingerprint density at radius 2 is 1.97 bits per heavy atom. The maximum absolute atomic E-state index is 12.4. The molecule has 2 heterocycles. The molecule has 0 atom stereocenters. The number of nitrogens with one attached hydrogen (secondary N) is 1. The Kier molecular flexibility index (Phi) is 6.71. The summed E-state index contributed by atoms with van der Waals surface area (Å²) >= 11 is 6.00. The van der Waals surface area contributed by atoms with E-state index >= 15 is 0 Å². The van der Waals surface area contributed by atoms with Gasteiger partial charge in [-0.1, -0.05) is 35.4 Å². The zero-order valence-corrected chi connectivity index (χ0v) is 19.0. The molecule has 1 N–H and O–H groups in total. The molecule has 31 heavy (non-hydrogen) atoms. The largest absolute Gasteiger partial charge is 0.356 e. The highest BCUT2D eigenvalue weighted by atomic mass is 35.5. The number of hydrogen-bond donors (Lipinski definition) is 1. The van der Waals surface area contributed by atoms with Gasteiger partial charge in [0, 0.05) is 41.0 Å². The molecule has 0 saturated heterocycles. The SMILES string of the molecule is Cc1nc2cc(-c3ccc(Cl)cc3)nn2c(C)c1CCC(=O)NCCC1=CCCCC1. The van der Waals surface area contributed by atoms with Gasteiger partial charge in [-0.25, -0.2) is 9.50 Å². The first-order chi connectivity index (χ1) is 15.0. The first-order valence-electron chi connectivity index (χ1n) is 11.1. The molecule has 0 bridgehead atoms. The van der Waals surface area contributed by atoms with Crippen LogP contribution in [0.1, 0.15) is 55.5 Å². The van der Waals surface area contributed by atoms with E-state index in [0.717, 1.165) is 46.8 Å². The summed E-state index contributed by atoms with van der Waals surface area (Å²) in [6.07, 6.45) is 9.37. The van der Waals surface area contributed by atoms with Crippen molar-refractivity contribution in [3.63, 3.8) is 0 Å². The molecule has 1 aliphatic rings. The molecule has 1 aliphatic carbocycles. The van der Waals surface area contributed by atoms with Crippen molar-refractivity contribution >= 4 is 23.2 Å². The number of amides is 1. The average Bonchev–Trinajstić information content (AvgIpc) is 3.19. The number of aryl methyl sites for hydroxylation is 2. The lowest BCUT2D eigenvalue weighted by Gasteiger charge is -2.13. The maximum atomic E-state index is 12.4. The highest BCUT2D eigenvalue weighted by molar-refractivity contribution is 6.30. The van der Waals surface area contributed by atoms with Crippen molar-refractivity contribution < 1.29 is 4.79 Å². The zero-order valence-electron chi connectivity index (χ0n) is 18.2. The van der Waals surface area contributed by atoms with Crippen LogP contribution >= 0.6 is 11.6 Å². The molecule has 1 aromatic carbocycles. The number of nitrogens with zero attached hydrogens (tertiary/aromatic N) is 3. The zero-order chi connectivity index (χ0) is 21.8. The monoisotopic (exact) mass is 436 g/mol. The normalized spacial score (nSPS) is 14.0. The standard InChI is InChI=1S/C25H29ClN4O/c1-17-22(12-13-25(31)27-15-14-19-6-4-3-5-7-19)18(2)30-24(28-17)16-23(29-30)20-8-10-21(26)11-9-20/h6,8-11,16H,3-5,7,12-15H2,1-2H3,(H,27,31). The van der Waals surface area contributed by atoms with Gasteiger partial charge in [0.15, 0.2) is 5.65 Å². The van der Waals surface area contributed by atoms with Gasteiger partial charge < -0.3 is 5.32 Å². The number of rotatable bonds is 7. The molecule has 3 aromatic rings. The number of hydrogen-bond acceptors (Lipinski definition) is 3. The second-order valence-corrected chi connectivity index (χ2v) is 8.71. The number of fused-ring (bicyclic) bond motifs is 1. The number of allylic oxidation sites excluding steroid dienone is 1. The van der Waals surface area contributed by atoms with Crippen molar-refractivity contribution in [3.05, 3.63) is 64.0 Å². The summed E-state index contributed by atoms with van der Waals surface area (Å²) in [5.74, 6) is 0.0950. The molecular weight excluding hydrogens is 408 g/mol. The molecule has 0 aliphatic heterocycles. The summed E-state index contributed by atoms with van der Waals surface area (Å²) < 4.78 is 1.87. The fraction of sp³-hybridized carbons (Fsp3) is 0.400. The van der Waals surface area contributed by atoms with Crippen LogP contribution in [-0.4, -0.2) is 27.0 Å². The van der Waals surface area contributed by atoms with Crippen LogP contribution in [0.25, 0.3) is 16.9 Å². The van der Waals surface area contributed by atoms with Crippen molar-refractivity contribution in [1.29, 1.82) is 0 Å². The Balaban J connectivity index is 1.42. The van der Waals surface area contributed by atoms with Crippen LogP contribution in [0, 0.1) is 13.8 Å². The van der Waals surface area contributed by atoms with Crippen molar-refractivity contribution in [2.24, 2.45) is 0 Å². The van der Waals surface area contributed by atoms with E-state index in [9.17, 15) is 4.79 Å². The third-order valence-corrected chi connectivity index (χ3v) is 6.31. The lowest BCUT2D eigenvalue weighted by atomic mass is 9.97. The smallest absolute Gasteiger partial charge is 0.220 e. The molecule has 4 rings (SSSR count). The van der Waals surface area contributed by atoms with Crippen LogP contribution in [0.3, 0.4) is 0 Å².